The highest BCUT2D eigenvalue weighted by Crippen LogP contribution is 2.42. The number of hydrogen-bond acceptors (Lipinski definition) is 6. The van der Waals surface area contributed by atoms with Crippen LogP contribution in [0.1, 0.15) is 48.4 Å². The maximum absolute atomic E-state index is 14.1. The number of nitrogens with one attached hydrogen (secondary N) is 2. The molecular weight excluding hydrogens is 694 g/mol. The molecule has 282 valence electrons. The molecule has 0 spiro atoms. The van der Waals surface area contributed by atoms with Crippen LogP contribution in [0.3, 0.4) is 0 Å². The van der Waals surface area contributed by atoms with Gasteiger partial charge < -0.3 is 30.7 Å². The second kappa shape index (κ2) is 14.0. The zero-order valence-electron chi connectivity index (χ0n) is 28.5. The molecule has 3 aromatic rings. The normalized spacial score (nSPS) is 24.0. The van der Waals surface area contributed by atoms with Gasteiger partial charge in [0.15, 0.2) is 0 Å². The first-order chi connectivity index (χ1) is 24.7. The largest absolute Gasteiger partial charge is 0.418 e. The fourth-order valence-electron chi connectivity index (χ4n) is 8.58. The molecule has 5 saturated heterocycles. The molecule has 2 atom stereocenters. The standard InChI is InChI=1S/C35H42F6N8O3/c36-34(37,38)24-17-21(18-25(30(24)42)35(39,40)41)19-27(31(50)47-15-13-46(14-16-47)29-20-45-9-5-22(29)6-10-45)44-32(51)48-11-7-23(8-12-48)49-28-4-2-1-3-26(28)43-33(49)52/h1-4,17-18,22-23,27,29H,5-16,19-20,42H2,(H,43,52)(H,44,51)/t27-,29?/m1/s1. The first kappa shape index (κ1) is 36.1. The number of alkyl halides is 6. The fraction of sp³-hybridized carbons (Fsp3) is 0.571. The summed E-state index contributed by atoms with van der Waals surface area (Å²) in [5.41, 5.74) is 1.32. The van der Waals surface area contributed by atoms with Gasteiger partial charge in [-0.1, -0.05) is 12.1 Å². The highest BCUT2D eigenvalue weighted by Gasteiger charge is 2.42. The van der Waals surface area contributed by atoms with Crippen molar-refractivity contribution in [1.29, 1.82) is 0 Å². The number of imidazole rings is 1. The van der Waals surface area contributed by atoms with Gasteiger partial charge in [-0.2, -0.15) is 26.3 Å². The lowest BCUT2D eigenvalue weighted by Gasteiger charge is -2.51. The summed E-state index contributed by atoms with van der Waals surface area (Å²) in [7, 11) is 0. The van der Waals surface area contributed by atoms with Crippen LogP contribution in [-0.2, 0) is 23.6 Å². The van der Waals surface area contributed by atoms with E-state index >= 15 is 0 Å². The van der Waals surface area contributed by atoms with Gasteiger partial charge in [0.1, 0.15) is 6.04 Å². The number of para-hydroxylation sites is 2. The molecule has 1 aromatic heterocycles. The molecule has 0 radical (unpaired) electrons. The van der Waals surface area contributed by atoms with Crippen LogP contribution in [0.2, 0.25) is 0 Å². The molecule has 5 fully saturated rings. The third-order valence-electron chi connectivity index (χ3n) is 11.3. The molecule has 1 unspecified atom stereocenters. The second-order valence-electron chi connectivity index (χ2n) is 14.4. The number of piperidine rings is 4. The highest BCUT2D eigenvalue weighted by molar-refractivity contribution is 5.87. The minimum absolute atomic E-state index is 0.208. The first-order valence-corrected chi connectivity index (χ1v) is 17.7. The van der Waals surface area contributed by atoms with E-state index in [9.17, 15) is 40.7 Å². The van der Waals surface area contributed by atoms with Gasteiger partial charge in [-0.15, -0.1) is 0 Å². The Morgan fingerprint density at radius 1 is 0.846 bits per heavy atom. The van der Waals surface area contributed by atoms with Crippen molar-refractivity contribution in [1.82, 2.24) is 34.5 Å². The minimum atomic E-state index is -5.19. The number of piperazine rings is 1. The van der Waals surface area contributed by atoms with E-state index in [4.69, 9.17) is 5.73 Å². The number of anilines is 1. The van der Waals surface area contributed by atoms with Gasteiger partial charge in [-0.3, -0.25) is 14.3 Å². The second-order valence-corrected chi connectivity index (χ2v) is 14.4. The van der Waals surface area contributed by atoms with Crippen molar-refractivity contribution in [2.45, 2.75) is 62.6 Å². The molecule has 6 heterocycles. The fourth-order valence-corrected chi connectivity index (χ4v) is 8.58. The van der Waals surface area contributed by atoms with Gasteiger partial charge >= 0.3 is 24.1 Å². The minimum Gasteiger partial charge on any atom is -0.398 e. The number of likely N-dealkylation sites (tertiary alicyclic amines) is 1. The van der Waals surface area contributed by atoms with Crippen LogP contribution < -0.4 is 16.7 Å². The molecule has 2 bridgehead atoms. The molecule has 3 amide bonds. The molecule has 0 saturated carbocycles. The molecular formula is C35H42F6N8O3. The lowest BCUT2D eigenvalue weighted by molar-refractivity contribution is -0.141. The van der Waals surface area contributed by atoms with Crippen LogP contribution in [0.4, 0.5) is 36.8 Å². The number of benzene rings is 2. The van der Waals surface area contributed by atoms with Crippen molar-refractivity contribution in [3.8, 4) is 0 Å². The van der Waals surface area contributed by atoms with Crippen LogP contribution in [-0.4, -0.2) is 112 Å². The number of carbonyl (C=O) groups is 2. The predicted molar refractivity (Wildman–Crippen MR) is 180 cm³/mol. The average Bonchev–Trinajstić information content (AvgIpc) is 3.46. The summed E-state index contributed by atoms with van der Waals surface area (Å²) in [5.74, 6) is -0.00436. The maximum atomic E-state index is 14.1. The Morgan fingerprint density at radius 3 is 2.04 bits per heavy atom. The number of carbonyl (C=O) groups excluding carboxylic acids is 2. The number of amides is 3. The van der Waals surface area contributed by atoms with Gasteiger partial charge in [0.25, 0.3) is 0 Å². The average molecular weight is 737 g/mol. The summed E-state index contributed by atoms with van der Waals surface area (Å²) < 4.78 is 85.0. The number of fused-ring (bicyclic) bond motifs is 4. The van der Waals surface area contributed by atoms with Crippen molar-refractivity contribution >= 4 is 28.7 Å². The van der Waals surface area contributed by atoms with Crippen molar-refractivity contribution in [3.63, 3.8) is 0 Å². The topological polar surface area (TPSA) is 123 Å². The van der Waals surface area contributed by atoms with Crippen LogP contribution in [0, 0.1) is 5.92 Å². The first-order valence-electron chi connectivity index (χ1n) is 17.7. The number of rotatable bonds is 6. The van der Waals surface area contributed by atoms with Crippen molar-refractivity contribution in [3.05, 3.63) is 63.6 Å². The number of hydrogen-bond donors (Lipinski definition) is 3. The molecule has 5 aliphatic heterocycles. The van der Waals surface area contributed by atoms with Crippen molar-refractivity contribution < 1.29 is 35.9 Å². The highest BCUT2D eigenvalue weighted by atomic mass is 19.4. The molecule has 2 aromatic carbocycles. The van der Waals surface area contributed by atoms with E-state index in [1.165, 1.54) is 9.80 Å². The van der Waals surface area contributed by atoms with E-state index in [1.54, 1.807) is 10.6 Å². The Labute approximate surface area is 295 Å². The lowest BCUT2D eigenvalue weighted by atomic mass is 9.83. The summed E-state index contributed by atoms with van der Waals surface area (Å²) >= 11 is 0. The van der Waals surface area contributed by atoms with Crippen LogP contribution >= 0.6 is 0 Å². The lowest BCUT2D eigenvalue weighted by Crippen LogP contribution is -2.63. The molecule has 4 N–H and O–H groups in total. The molecule has 8 rings (SSSR count). The van der Waals surface area contributed by atoms with E-state index in [-0.39, 0.29) is 24.8 Å². The predicted octanol–water partition coefficient (Wildman–Crippen LogP) is 4.15. The Kier molecular flexibility index (Phi) is 9.69. The summed E-state index contributed by atoms with van der Waals surface area (Å²) in [4.78, 5) is 51.1. The number of nitrogen functional groups attached to an aromatic ring is 1. The Hall–Kier alpha value is -4.25. The summed E-state index contributed by atoms with van der Waals surface area (Å²) in [6, 6.07) is 6.32. The molecule has 5 aliphatic rings. The van der Waals surface area contributed by atoms with Crippen LogP contribution in [0.25, 0.3) is 11.0 Å². The maximum Gasteiger partial charge on any atom is 0.418 e. The quantitative estimate of drug-likeness (QED) is 0.259. The zero-order valence-corrected chi connectivity index (χ0v) is 28.5. The molecule has 17 heteroatoms. The number of aromatic amines is 1. The van der Waals surface area contributed by atoms with Gasteiger partial charge in [-0.25, -0.2) is 9.59 Å². The van der Waals surface area contributed by atoms with Gasteiger partial charge in [0.05, 0.1) is 27.8 Å². The SMILES string of the molecule is Nc1c(C(F)(F)F)cc(C[C@@H](NC(=O)N2CCC(n3c(=O)[nH]c4ccccc43)CC2)C(=O)N2CCN(C3CN4CCC3CC4)CC2)cc1C(F)(F)F. The Morgan fingerprint density at radius 2 is 1.46 bits per heavy atom. The molecule has 0 aliphatic carbocycles. The third-order valence-corrected chi connectivity index (χ3v) is 11.3. The number of H-pyrrole nitrogens is 1. The number of aromatic nitrogens is 2. The van der Waals surface area contributed by atoms with E-state index in [1.807, 2.05) is 18.2 Å². The van der Waals surface area contributed by atoms with Crippen molar-refractivity contribution in [2.24, 2.45) is 5.92 Å². The summed E-state index contributed by atoms with van der Waals surface area (Å²) in [5, 5.41) is 2.66. The van der Waals surface area contributed by atoms with Gasteiger partial charge in [0, 0.05) is 64.3 Å². The van der Waals surface area contributed by atoms with Gasteiger partial charge in [0.2, 0.25) is 5.91 Å². The zero-order chi connectivity index (χ0) is 36.9. The van der Waals surface area contributed by atoms with Gasteiger partial charge in [-0.05, 0) is 74.5 Å². The molecule has 52 heavy (non-hydrogen) atoms. The number of urea groups is 1. The number of nitrogens with two attached hydrogens (primary N) is 1. The van der Waals surface area contributed by atoms with E-state index in [2.05, 4.69) is 20.1 Å². The third kappa shape index (κ3) is 7.21. The smallest absolute Gasteiger partial charge is 0.398 e. The molecule has 11 nitrogen and oxygen atoms in total. The summed E-state index contributed by atoms with van der Waals surface area (Å²) in [6.07, 6.45) is -7.92. The van der Waals surface area contributed by atoms with Crippen molar-refractivity contribution in [2.75, 3.05) is 64.6 Å². The van der Waals surface area contributed by atoms with Crippen LogP contribution in [0.15, 0.2) is 41.2 Å². The number of halogens is 6. The monoisotopic (exact) mass is 736 g/mol. The van der Waals surface area contributed by atoms with E-state index in [0.717, 1.165) is 38.0 Å². The Balaban J connectivity index is 1.09. The Bertz CT molecular complexity index is 1820. The number of nitrogens with zero attached hydrogens (tertiary/aromatic N) is 5. The van der Waals surface area contributed by atoms with Crippen LogP contribution in [0.5, 0.6) is 0 Å². The summed E-state index contributed by atoms with van der Waals surface area (Å²) in [6.45, 7) is 5.30. The van der Waals surface area contributed by atoms with E-state index < -0.39 is 59.1 Å². The van der Waals surface area contributed by atoms with E-state index in [0.29, 0.717) is 68.6 Å².